The van der Waals surface area contributed by atoms with Crippen LogP contribution in [0.3, 0.4) is 0 Å². The summed E-state index contributed by atoms with van der Waals surface area (Å²) >= 11 is 0. The number of nitrogens with zero attached hydrogens (tertiary/aromatic N) is 4. The van der Waals surface area contributed by atoms with Crippen molar-refractivity contribution in [1.29, 1.82) is 0 Å². The zero-order chi connectivity index (χ0) is 20.3. The summed E-state index contributed by atoms with van der Waals surface area (Å²) in [5.74, 6) is 1.42. The van der Waals surface area contributed by atoms with Gasteiger partial charge in [-0.3, -0.25) is 0 Å². The van der Waals surface area contributed by atoms with Crippen LogP contribution in [0, 0.1) is 0 Å². The van der Waals surface area contributed by atoms with Gasteiger partial charge in [0.2, 0.25) is 0 Å². The maximum Gasteiger partial charge on any atom is 0.162 e. The second-order valence-electron chi connectivity index (χ2n) is 7.67. The zero-order valence-corrected chi connectivity index (χ0v) is 17.8. The molecule has 4 nitrogen and oxygen atoms in total. The minimum atomic E-state index is 0.681. The Labute approximate surface area is 174 Å². The molecule has 0 aliphatic heterocycles. The van der Waals surface area contributed by atoms with E-state index >= 15 is 0 Å². The van der Waals surface area contributed by atoms with E-state index in [-0.39, 0.29) is 0 Å². The van der Waals surface area contributed by atoms with Gasteiger partial charge in [-0.1, -0.05) is 70.2 Å². The maximum absolute atomic E-state index is 4.53. The van der Waals surface area contributed by atoms with Crippen LogP contribution in [0.15, 0.2) is 49.1 Å². The average molecular weight is 389 g/mol. The third-order valence-electron chi connectivity index (χ3n) is 5.22. The van der Waals surface area contributed by atoms with E-state index in [1.807, 2.05) is 24.8 Å². The van der Waals surface area contributed by atoms with E-state index in [4.69, 9.17) is 0 Å². The summed E-state index contributed by atoms with van der Waals surface area (Å²) in [5.41, 5.74) is 4.46. The molecule has 0 bridgehead atoms. The van der Waals surface area contributed by atoms with Crippen molar-refractivity contribution in [3.63, 3.8) is 0 Å². The van der Waals surface area contributed by atoms with E-state index in [0.29, 0.717) is 5.82 Å². The van der Waals surface area contributed by atoms with Crippen molar-refractivity contribution in [2.24, 2.45) is 0 Å². The predicted molar refractivity (Wildman–Crippen MR) is 120 cm³/mol. The Balaban J connectivity index is 1.59. The first-order valence-corrected chi connectivity index (χ1v) is 11.0. The van der Waals surface area contributed by atoms with Crippen LogP contribution in [0.2, 0.25) is 0 Å². The van der Waals surface area contributed by atoms with Gasteiger partial charge in [0.1, 0.15) is 0 Å². The highest BCUT2D eigenvalue weighted by atomic mass is 14.9. The number of aryl methyl sites for hydroxylation is 2. The van der Waals surface area contributed by atoms with E-state index in [1.54, 1.807) is 0 Å². The SMILES string of the molecule is CCCCCCc1cnc(-c2cnc(-c3ccc(CCCCC)cc3)nc2)nc1. The largest absolute Gasteiger partial charge is 0.236 e. The van der Waals surface area contributed by atoms with Crippen molar-refractivity contribution < 1.29 is 0 Å². The monoisotopic (exact) mass is 388 g/mol. The van der Waals surface area contributed by atoms with Crippen LogP contribution in [0.25, 0.3) is 22.8 Å². The van der Waals surface area contributed by atoms with Crippen LogP contribution in [-0.2, 0) is 12.8 Å². The third kappa shape index (κ3) is 6.45. The molecule has 0 N–H and O–H groups in total. The second-order valence-corrected chi connectivity index (χ2v) is 7.67. The fourth-order valence-electron chi connectivity index (χ4n) is 3.38. The molecule has 1 aromatic carbocycles. The minimum Gasteiger partial charge on any atom is -0.236 e. The highest BCUT2D eigenvalue weighted by Gasteiger charge is 2.06. The van der Waals surface area contributed by atoms with Crippen molar-refractivity contribution in [3.8, 4) is 22.8 Å². The molecular weight excluding hydrogens is 356 g/mol. The smallest absolute Gasteiger partial charge is 0.162 e. The number of rotatable bonds is 11. The molecule has 2 heterocycles. The molecule has 152 valence electrons. The van der Waals surface area contributed by atoms with Crippen LogP contribution < -0.4 is 0 Å². The summed E-state index contributed by atoms with van der Waals surface area (Å²) in [6.07, 6.45) is 18.5. The molecule has 0 saturated carbocycles. The van der Waals surface area contributed by atoms with Gasteiger partial charge >= 0.3 is 0 Å². The molecule has 0 atom stereocenters. The molecule has 0 saturated heterocycles. The molecular formula is C25H32N4. The molecule has 0 spiro atoms. The Hall–Kier alpha value is -2.62. The van der Waals surface area contributed by atoms with E-state index in [2.05, 4.69) is 58.0 Å². The molecule has 29 heavy (non-hydrogen) atoms. The summed E-state index contributed by atoms with van der Waals surface area (Å²) < 4.78 is 0. The molecule has 2 aromatic heterocycles. The van der Waals surface area contributed by atoms with E-state index in [1.165, 1.54) is 56.1 Å². The van der Waals surface area contributed by atoms with Crippen molar-refractivity contribution in [1.82, 2.24) is 19.9 Å². The van der Waals surface area contributed by atoms with Gasteiger partial charge in [-0.05, 0) is 36.8 Å². The van der Waals surface area contributed by atoms with Crippen LogP contribution in [0.1, 0.15) is 69.9 Å². The van der Waals surface area contributed by atoms with E-state index < -0.39 is 0 Å². The standard InChI is InChI=1S/C25H32N4/c1-3-5-7-9-11-21-16-26-25(27-17-21)23-18-28-24(29-19-23)22-14-12-20(13-15-22)10-8-6-4-2/h12-19H,3-11H2,1-2H3. The first-order chi connectivity index (χ1) is 14.3. The van der Waals surface area contributed by atoms with Crippen LogP contribution in [0.4, 0.5) is 0 Å². The normalized spacial score (nSPS) is 11.0. The number of benzene rings is 1. The summed E-state index contributed by atoms with van der Waals surface area (Å²) in [4.78, 5) is 18.1. The highest BCUT2D eigenvalue weighted by molar-refractivity contribution is 5.58. The van der Waals surface area contributed by atoms with Gasteiger partial charge in [-0.2, -0.15) is 0 Å². The van der Waals surface area contributed by atoms with E-state index in [0.717, 1.165) is 29.8 Å². The fourth-order valence-corrected chi connectivity index (χ4v) is 3.38. The molecule has 0 aliphatic carbocycles. The molecule has 0 unspecified atom stereocenters. The minimum absolute atomic E-state index is 0.681. The quantitative estimate of drug-likeness (QED) is 0.354. The molecule has 3 rings (SSSR count). The lowest BCUT2D eigenvalue weighted by molar-refractivity contribution is 0.665. The number of hydrogen-bond donors (Lipinski definition) is 0. The van der Waals surface area contributed by atoms with Crippen LogP contribution in [0.5, 0.6) is 0 Å². The first-order valence-electron chi connectivity index (χ1n) is 11.0. The number of unbranched alkanes of at least 4 members (excludes halogenated alkanes) is 5. The summed E-state index contributed by atoms with van der Waals surface area (Å²) in [6.45, 7) is 4.47. The first kappa shape index (κ1) is 21.1. The van der Waals surface area contributed by atoms with Crippen molar-refractivity contribution in [2.75, 3.05) is 0 Å². The van der Waals surface area contributed by atoms with Crippen molar-refractivity contribution >= 4 is 0 Å². The lowest BCUT2D eigenvalue weighted by Crippen LogP contribution is -1.96. The van der Waals surface area contributed by atoms with Gasteiger partial charge in [0.15, 0.2) is 11.6 Å². The molecule has 4 heteroatoms. The molecule has 0 fully saturated rings. The third-order valence-corrected chi connectivity index (χ3v) is 5.22. The number of hydrogen-bond acceptors (Lipinski definition) is 4. The van der Waals surface area contributed by atoms with Gasteiger partial charge < -0.3 is 0 Å². The highest BCUT2D eigenvalue weighted by Crippen LogP contribution is 2.19. The lowest BCUT2D eigenvalue weighted by atomic mass is 10.1. The molecule has 0 amide bonds. The average Bonchev–Trinajstić information content (AvgIpc) is 2.78. The fraction of sp³-hybridized carbons (Fsp3) is 0.440. The second kappa shape index (κ2) is 11.4. The molecule has 3 aromatic rings. The molecule has 0 radical (unpaired) electrons. The van der Waals surface area contributed by atoms with Gasteiger partial charge in [-0.25, -0.2) is 19.9 Å². The predicted octanol–water partition coefficient (Wildman–Crippen LogP) is 6.46. The topological polar surface area (TPSA) is 51.6 Å². The summed E-state index contributed by atoms with van der Waals surface area (Å²) in [6, 6.07) is 8.59. The maximum atomic E-state index is 4.53. The van der Waals surface area contributed by atoms with Gasteiger partial charge in [0, 0.05) is 30.4 Å². The summed E-state index contributed by atoms with van der Waals surface area (Å²) in [5, 5.41) is 0. The van der Waals surface area contributed by atoms with E-state index in [9.17, 15) is 0 Å². The Morgan fingerprint density at radius 3 is 1.69 bits per heavy atom. The van der Waals surface area contributed by atoms with Crippen LogP contribution in [-0.4, -0.2) is 19.9 Å². The van der Waals surface area contributed by atoms with Gasteiger partial charge in [0.05, 0.1) is 5.56 Å². The Morgan fingerprint density at radius 2 is 1.03 bits per heavy atom. The van der Waals surface area contributed by atoms with Crippen molar-refractivity contribution in [3.05, 3.63) is 60.2 Å². The zero-order valence-electron chi connectivity index (χ0n) is 17.8. The van der Waals surface area contributed by atoms with Gasteiger partial charge in [0.25, 0.3) is 0 Å². The Kier molecular flexibility index (Phi) is 8.29. The number of aromatic nitrogens is 4. The Bertz CT molecular complexity index is 840. The van der Waals surface area contributed by atoms with Crippen LogP contribution >= 0.6 is 0 Å². The summed E-state index contributed by atoms with van der Waals surface area (Å²) in [7, 11) is 0. The molecule has 0 aliphatic rings. The lowest BCUT2D eigenvalue weighted by Gasteiger charge is -2.05. The Morgan fingerprint density at radius 1 is 0.517 bits per heavy atom. The van der Waals surface area contributed by atoms with Gasteiger partial charge in [-0.15, -0.1) is 0 Å². The van der Waals surface area contributed by atoms with Crippen molar-refractivity contribution in [2.45, 2.75) is 71.6 Å².